The van der Waals surface area contributed by atoms with E-state index in [-0.39, 0.29) is 23.8 Å². The highest BCUT2D eigenvalue weighted by molar-refractivity contribution is 6.06. The Morgan fingerprint density at radius 1 is 1.17 bits per heavy atom. The Bertz CT molecular complexity index is 898. The molecule has 1 aromatic heterocycles. The third-order valence-corrected chi connectivity index (χ3v) is 3.76. The van der Waals surface area contributed by atoms with Crippen LogP contribution in [0.15, 0.2) is 60.9 Å². The van der Waals surface area contributed by atoms with Crippen LogP contribution in [0.25, 0.3) is 0 Å². The number of ketones is 1. The Labute approximate surface area is 138 Å². The number of carbonyl (C=O) groups excluding carboxylic acids is 1. The maximum absolute atomic E-state index is 12.6. The van der Waals surface area contributed by atoms with Gasteiger partial charge in [-0.1, -0.05) is 48.0 Å². The zero-order valence-corrected chi connectivity index (χ0v) is 13.0. The van der Waals surface area contributed by atoms with Gasteiger partial charge in [-0.25, -0.2) is 4.98 Å². The number of carbonyl (C=O) groups is 1. The van der Waals surface area contributed by atoms with Crippen LogP contribution in [0, 0.1) is 17.0 Å². The first kappa shape index (κ1) is 15.6. The monoisotopic (exact) mass is 321 g/mol. The zero-order chi connectivity index (χ0) is 17.1. The summed E-state index contributed by atoms with van der Waals surface area (Å²) in [6.07, 6.45) is 3.17. The third-order valence-electron chi connectivity index (χ3n) is 3.76. The van der Waals surface area contributed by atoms with Crippen molar-refractivity contribution in [1.29, 1.82) is 0 Å². The molecule has 0 bridgehead atoms. The molecule has 0 saturated carbocycles. The van der Waals surface area contributed by atoms with E-state index in [1.54, 1.807) is 41.1 Å². The molecular formula is C18H15N3O3. The van der Waals surface area contributed by atoms with Crippen LogP contribution in [-0.2, 0) is 6.54 Å². The number of benzene rings is 2. The van der Waals surface area contributed by atoms with Gasteiger partial charge in [0.15, 0.2) is 5.82 Å². The fourth-order valence-electron chi connectivity index (χ4n) is 2.49. The maximum Gasteiger partial charge on any atom is 0.274 e. The first-order valence-corrected chi connectivity index (χ1v) is 7.41. The van der Waals surface area contributed by atoms with E-state index in [0.717, 1.165) is 5.56 Å². The quantitative estimate of drug-likeness (QED) is 0.410. The first-order valence-electron chi connectivity index (χ1n) is 7.41. The molecule has 0 aliphatic rings. The van der Waals surface area contributed by atoms with Gasteiger partial charge in [-0.3, -0.25) is 14.9 Å². The van der Waals surface area contributed by atoms with Gasteiger partial charge in [0.05, 0.1) is 11.5 Å². The highest BCUT2D eigenvalue weighted by atomic mass is 16.6. The molecule has 2 aromatic carbocycles. The van der Waals surface area contributed by atoms with Crippen molar-refractivity contribution in [2.24, 2.45) is 0 Å². The van der Waals surface area contributed by atoms with E-state index in [1.807, 2.05) is 19.1 Å². The first-order chi connectivity index (χ1) is 11.6. The van der Waals surface area contributed by atoms with Gasteiger partial charge >= 0.3 is 0 Å². The molecule has 120 valence electrons. The van der Waals surface area contributed by atoms with Crippen LogP contribution in [0.3, 0.4) is 0 Å². The molecule has 3 rings (SSSR count). The summed E-state index contributed by atoms with van der Waals surface area (Å²) >= 11 is 0. The molecule has 0 amide bonds. The Morgan fingerprint density at radius 3 is 2.58 bits per heavy atom. The van der Waals surface area contributed by atoms with Gasteiger partial charge in [0.25, 0.3) is 5.69 Å². The topological polar surface area (TPSA) is 78.0 Å². The predicted octanol–water partition coefficient (Wildman–Crippen LogP) is 3.38. The van der Waals surface area contributed by atoms with Crippen molar-refractivity contribution in [3.8, 4) is 0 Å². The van der Waals surface area contributed by atoms with Gasteiger partial charge < -0.3 is 4.57 Å². The molecule has 6 heteroatoms. The summed E-state index contributed by atoms with van der Waals surface area (Å²) in [6, 6.07) is 13.7. The lowest BCUT2D eigenvalue weighted by Gasteiger charge is -2.08. The molecule has 1 heterocycles. The Balaban J connectivity index is 1.93. The largest absolute Gasteiger partial charge is 0.324 e. The van der Waals surface area contributed by atoms with Crippen LogP contribution in [0.1, 0.15) is 27.3 Å². The minimum absolute atomic E-state index is 0.0277. The summed E-state index contributed by atoms with van der Waals surface area (Å²) in [7, 11) is 0. The second-order valence-corrected chi connectivity index (χ2v) is 5.46. The summed E-state index contributed by atoms with van der Waals surface area (Å²) in [5.74, 6) is 0.0515. The number of hydrogen-bond donors (Lipinski definition) is 0. The van der Waals surface area contributed by atoms with Crippen LogP contribution in [-0.4, -0.2) is 20.3 Å². The van der Waals surface area contributed by atoms with Crippen molar-refractivity contribution in [1.82, 2.24) is 9.55 Å². The van der Waals surface area contributed by atoms with Crippen molar-refractivity contribution in [2.75, 3.05) is 0 Å². The van der Waals surface area contributed by atoms with Crippen molar-refractivity contribution in [2.45, 2.75) is 13.5 Å². The highest BCUT2D eigenvalue weighted by Gasteiger charge is 2.18. The second-order valence-electron chi connectivity index (χ2n) is 5.46. The van der Waals surface area contributed by atoms with Gasteiger partial charge in [0, 0.05) is 29.6 Å². The molecule has 0 spiro atoms. The molecule has 0 unspecified atom stereocenters. The van der Waals surface area contributed by atoms with Gasteiger partial charge in [-0.05, 0) is 6.92 Å². The summed E-state index contributed by atoms with van der Waals surface area (Å²) in [5, 5.41) is 11.1. The minimum atomic E-state index is -0.423. The standard InChI is InChI=1S/C18H15N3O3/c1-13-6-8-14(9-7-13)17(22)18-19-10-11-20(18)12-15-4-2-3-5-16(15)21(23)24/h2-11H,12H2,1H3. The number of rotatable bonds is 5. The molecule has 3 aromatic rings. The SMILES string of the molecule is Cc1ccc(C(=O)c2nccn2Cc2ccccc2[N+](=O)[O-])cc1. The number of hydrogen-bond acceptors (Lipinski definition) is 4. The van der Waals surface area contributed by atoms with Gasteiger partial charge in [-0.2, -0.15) is 0 Å². The normalized spacial score (nSPS) is 10.5. The molecule has 24 heavy (non-hydrogen) atoms. The van der Waals surface area contributed by atoms with Crippen LogP contribution in [0.5, 0.6) is 0 Å². The van der Waals surface area contributed by atoms with E-state index >= 15 is 0 Å². The number of nitrogens with zero attached hydrogens (tertiary/aromatic N) is 3. The fourth-order valence-corrected chi connectivity index (χ4v) is 2.49. The maximum atomic E-state index is 12.6. The van der Waals surface area contributed by atoms with Crippen molar-refractivity contribution in [3.05, 3.63) is 93.6 Å². The number of aryl methyl sites for hydroxylation is 1. The Kier molecular flexibility index (Phi) is 4.20. The van der Waals surface area contributed by atoms with E-state index in [4.69, 9.17) is 0 Å². The summed E-state index contributed by atoms with van der Waals surface area (Å²) < 4.78 is 1.63. The second kappa shape index (κ2) is 6.45. The van der Waals surface area contributed by atoms with E-state index in [1.165, 1.54) is 12.3 Å². The fraction of sp³-hybridized carbons (Fsp3) is 0.111. The molecule has 0 saturated heterocycles. The molecule has 0 aliphatic heterocycles. The molecular weight excluding hydrogens is 306 g/mol. The number of nitro benzene ring substituents is 1. The van der Waals surface area contributed by atoms with Gasteiger partial charge in [0.2, 0.25) is 5.78 Å². The zero-order valence-electron chi connectivity index (χ0n) is 13.0. The van der Waals surface area contributed by atoms with Crippen molar-refractivity contribution < 1.29 is 9.72 Å². The van der Waals surface area contributed by atoms with Crippen LogP contribution >= 0.6 is 0 Å². The summed E-state index contributed by atoms with van der Waals surface area (Å²) in [4.78, 5) is 27.5. The van der Waals surface area contributed by atoms with Crippen molar-refractivity contribution in [3.63, 3.8) is 0 Å². The van der Waals surface area contributed by atoms with E-state index in [2.05, 4.69) is 4.98 Å². The average Bonchev–Trinajstić information content (AvgIpc) is 3.03. The summed E-state index contributed by atoms with van der Waals surface area (Å²) in [5.41, 5.74) is 2.16. The molecule has 0 atom stereocenters. The van der Waals surface area contributed by atoms with E-state index < -0.39 is 4.92 Å². The minimum Gasteiger partial charge on any atom is -0.324 e. The van der Waals surface area contributed by atoms with Crippen molar-refractivity contribution >= 4 is 11.5 Å². The number of aromatic nitrogens is 2. The van der Waals surface area contributed by atoms with Crippen LogP contribution < -0.4 is 0 Å². The van der Waals surface area contributed by atoms with Gasteiger partial charge in [0.1, 0.15) is 0 Å². The molecule has 0 radical (unpaired) electrons. The lowest BCUT2D eigenvalue weighted by molar-refractivity contribution is -0.385. The Hall–Kier alpha value is -3.28. The van der Waals surface area contributed by atoms with E-state index in [0.29, 0.717) is 11.1 Å². The average molecular weight is 321 g/mol. The molecule has 0 aliphatic carbocycles. The summed E-state index contributed by atoms with van der Waals surface area (Å²) in [6.45, 7) is 2.16. The van der Waals surface area contributed by atoms with Gasteiger partial charge in [-0.15, -0.1) is 0 Å². The van der Waals surface area contributed by atoms with Crippen LogP contribution in [0.2, 0.25) is 0 Å². The highest BCUT2D eigenvalue weighted by Crippen LogP contribution is 2.20. The molecule has 0 N–H and O–H groups in total. The van der Waals surface area contributed by atoms with E-state index in [9.17, 15) is 14.9 Å². The number of imidazole rings is 1. The number of nitro groups is 1. The third kappa shape index (κ3) is 3.08. The lowest BCUT2D eigenvalue weighted by Crippen LogP contribution is -2.12. The molecule has 6 nitrogen and oxygen atoms in total. The smallest absolute Gasteiger partial charge is 0.274 e. The molecule has 0 fully saturated rings. The number of para-hydroxylation sites is 1. The lowest BCUT2D eigenvalue weighted by atomic mass is 10.1. The predicted molar refractivity (Wildman–Crippen MR) is 89.0 cm³/mol. The Morgan fingerprint density at radius 2 is 1.88 bits per heavy atom. The van der Waals surface area contributed by atoms with Crippen LogP contribution in [0.4, 0.5) is 5.69 Å².